The molecule has 3 rings (SSSR count). The van der Waals surface area contributed by atoms with Crippen LogP contribution < -0.4 is 5.32 Å². The Morgan fingerprint density at radius 2 is 2.08 bits per heavy atom. The first kappa shape index (κ1) is 18.2. The second-order valence-corrected chi connectivity index (χ2v) is 7.60. The van der Waals surface area contributed by atoms with Crippen LogP contribution in [0.4, 0.5) is 0 Å². The minimum absolute atomic E-state index is 0.0725. The van der Waals surface area contributed by atoms with E-state index in [4.69, 9.17) is 9.15 Å². The van der Waals surface area contributed by atoms with Gasteiger partial charge in [0.1, 0.15) is 11.5 Å². The summed E-state index contributed by atoms with van der Waals surface area (Å²) in [6.07, 6.45) is 4.52. The van der Waals surface area contributed by atoms with E-state index in [0.29, 0.717) is 24.4 Å². The van der Waals surface area contributed by atoms with Crippen molar-refractivity contribution in [2.75, 3.05) is 32.8 Å². The van der Waals surface area contributed by atoms with Gasteiger partial charge in [0.25, 0.3) is 0 Å². The number of nitrogens with zero attached hydrogens (tertiary/aromatic N) is 1. The Kier molecular flexibility index (Phi) is 5.97. The predicted molar refractivity (Wildman–Crippen MR) is 98.3 cm³/mol. The van der Waals surface area contributed by atoms with Crippen molar-refractivity contribution < 1.29 is 13.9 Å². The molecule has 3 atom stereocenters. The van der Waals surface area contributed by atoms with Gasteiger partial charge in [-0.25, -0.2) is 0 Å². The molecule has 1 aromatic heterocycles. The third-order valence-corrected chi connectivity index (χ3v) is 5.29. The first-order chi connectivity index (χ1) is 12.0. The second-order valence-electron chi connectivity index (χ2n) is 7.60. The molecule has 0 spiro atoms. The maximum Gasteiger partial charge on any atom is 0.244 e. The fourth-order valence-electron chi connectivity index (χ4n) is 3.49. The van der Waals surface area contributed by atoms with E-state index in [-0.39, 0.29) is 5.91 Å². The van der Waals surface area contributed by atoms with E-state index in [9.17, 15) is 4.79 Å². The van der Waals surface area contributed by atoms with E-state index in [1.807, 2.05) is 12.1 Å². The summed E-state index contributed by atoms with van der Waals surface area (Å²) in [6, 6.07) is 4.31. The fraction of sp³-hybridized carbons (Fsp3) is 0.650. The van der Waals surface area contributed by atoms with Gasteiger partial charge < -0.3 is 14.5 Å². The van der Waals surface area contributed by atoms with Crippen LogP contribution in [0.2, 0.25) is 0 Å². The zero-order valence-electron chi connectivity index (χ0n) is 15.5. The summed E-state index contributed by atoms with van der Waals surface area (Å²) in [5, 5.41) is 3.03. The maximum absolute atomic E-state index is 12.1. The Labute approximate surface area is 150 Å². The predicted octanol–water partition coefficient (Wildman–Crippen LogP) is 2.89. The van der Waals surface area contributed by atoms with Crippen molar-refractivity contribution in [2.45, 2.75) is 39.2 Å². The van der Waals surface area contributed by atoms with Gasteiger partial charge in [0.15, 0.2) is 0 Å². The van der Waals surface area contributed by atoms with Gasteiger partial charge in [-0.1, -0.05) is 20.8 Å². The van der Waals surface area contributed by atoms with Crippen LogP contribution in [-0.4, -0.2) is 49.7 Å². The molecule has 0 aromatic carbocycles. The molecule has 1 aliphatic heterocycles. The van der Waals surface area contributed by atoms with Crippen molar-refractivity contribution in [3.63, 3.8) is 0 Å². The summed E-state index contributed by atoms with van der Waals surface area (Å²) in [6.45, 7) is 10.7. The van der Waals surface area contributed by atoms with Gasteiger partial charge in [0.05, 0.1) is 13.2 Å². The van der Waals surface area contributed by atoms with Crippen molar-refractivity contribution in [1.82, 2.24) is 10.2 Å². The van der Waals surface area contributed by atoms with Gasteiger partial charge in [0, 0.05) is 37.7 Å². The lowest BCUT2D eigenvalue weighted by molar-refractivity contribution is -0.116. The fourth-order valence-corrected chi connectivity index (χ4v) is 3.49. The van der Waals surface area contributed by atoms with Gasteiger partial charge in [-0.3, -0.25) is 9.69 Å². The van der Waals surface area contributed by atoms with Crippen molar-refractivity contribution in [3.05, 3.63) is 29.7 Å². The van der Waals surface area contributed by atoms with E-state index < -0.39 is 0 Å². The first-order valence-corrected chi connectivity index (χ1v) is 9.42. The largest absolute Gasteiger partial charge is 0.461 e. The quantitative estimate of drug-likeness (QED) is 0.772. The van der Waals surface area contributed by atoms with Crippen LogP contribution in [0.15, 0.2) is 22.6 Å². The summed E-state index contributed by atoms with van der Waals surface area (Å²) in [4.78, 5) is 14.6. The molecule has 138 valence electrons. The highest BCUT2D eigenvalue weighted by molar-refractivity contribution is 5.91. The molecule has 1 aliphatic carbocycles. The highest BCUT2D eigenvalue weighted by Crippen LogP contribution is 2.47. The number of furan rings is 1. The lowest BCUT2D eigenvalue weighted by Gasteiger charge is -2.36. The van der Waals surface area contributed by atoms with Crippen molar-refractivity contribution >= 4 is 12.0 Å². The number of hydrogen-bond donors (Lipinski definition) is 1. The van der Waals surface area contributed by atoms with E-state index in [1.165, 1.54) is 6.42 Å². The van der Waals surface area contributed by atoms with Crippen molar-refractivity contribution in [2.24, 2.45) is 11.8 Å². The number of ether oxygens (including phenoxy) is 1. The lowest BCUT2D eigenvalue weighted by Crippen LogP contribution is -2.51. The van der Waals surface area contributed by atoms with E-state index in [0.717, 1.165) is 43.7 Å². The molecular weight excluding hydrogens is 316 g/mol. The second kappa shape index (κ2) is 8.19. The summed E-state index contributed by atoms with van der Waals surface area (Å²) >= 11 is 0. The molecule has 0 radical (unpaired) electrons. The summed E-state index contributed by atoms with van der Waals surface area (Å²) < 4.78 is 11.2. The molecule has 25 heavy (non-hydrogen) atoms. The monoisotopic (exact) mass is 346 g/mol. The molecule has 2 aliphatic rings. The molecule has 5 nitrogen and oxygen atoms in total. The van der Waals surface area contributed by atoms with Gasteiger partial charge in [-0.05, 0) is 36.5 Å². The maximum atomic E-state index is 12.1. The van der Waals surface area contributed by atoms with Crippen molar-refractivity contribution in [1.29, 1.82) is 0 Å². The Morgan fingerprint density at radius 3 is 2.72 bits per heavy atom. The summed E-state index contributed by atoms with van der Waals surface area (Å²) in [7, 11) is 0. The number of rotatable bonds is 7. The molecule has 2 heterocycles. The van der Waals surface area contributed by atoms with Gasteiger partial charge >= 0.3 is 0 Å². The third kappa shape index (κ3) is 4.95. The number of hydrogen-bond acceptors (Lipinski definition) is 4. The highest BCUT2D eigenvalue weighted by atomic mass is 16.5. The molecule has 1 saturated heterocycles. The Bertz CT molecular complexity index is 602. The molecule has 1 N–H and O–H groups in total. The van der Waals surface area contributed by atoms with E-state index in [1.54, 1.807) is 12.2 Å². The van der Waals surface area contributed by atoms with Crippen LogP contribution in [0, 0.1) is 11.8 Å². The molecule has 1 aromatic rings. The van der Waals surface area contributed by atoms with Gasteiger partial charge in [0.2, 0.25) is 5.91 Å². The molecule has 5 heteroatoms. The number of amides is 1. The minimum Gasteiger partial charge on any atom is -0.461 e. The van der Waals surface area contributed by atoms with Gasteiger partial charge in [-0.2, -0.15) is 0 Å². The van der Waals surface area contributed by atoms with Crippen LogP contribution >= 0.6 is 0 Å². The smallest absolute Gasteiger partial charge is 0.244 e. The Balaban J connectivity index is 1.48. The zero-order chi connectivity index (χ0) is 17.8. The average Bonchev–Trinajstić information content (AvgIpc) is 3.15. The Hall–Kier alpha value is -1.59. The SMILES string of the molecule is CC(C)[C@@H](CNC(=O)/C=C/c1ccc([C@H]2C[C@@H]2C)o1)N1CCOCC1. The zero-order valence-corrected chi connectivity index (χ0v) is 15.5. The molecule has 0 unspecified atom stereocenters. The third-order valence-electron chi connectivity index (χ3n) is 5.29. The number of carbonyl (C=O) groups is 1. The van der Waals surface area contributed by atoms with Gasteiger partial charge in [-0.15, -0.1) is 0 Å². The number of nitrogens with one attached hydrogen (secondary N) is 1. The number of morpholine rings is 1. The molecule has 1 saturated carbocycles. The lowest BCUT2D eigenvalue weighted by atomic mass is 10.0. The van der Waals surface area contributed by atoms with Crippen LogP contribution in [0.25, 0.3) is 6.08 Å². The molecule has 0 bridgehead atoms. The van der Waals surface area contributed by atoms with Crippen LogP contribution in [0.1, 0.15) is 44.6 Å². The highest BCUT2D eigenvalue weighted by Gasteiger charge is 2.36. The Morgan fingerprint density at radius 1 is 1.36 bits per heavy atom. The summed E-state index contributed by atoms with van der Waals surface area (Å²) in [5.74, 6) is 3.49. The number of carbonyl (C=O) groups excluding carboxylic acids is 1. The van der Waals surface area contributed by atoms with Crippen LogP contribution in [-0.2, 0) is 9.53 Å². The minimum atomic E-state index is -0.0725. The normalized spacial score (nSPS) is 25.4. The standard InChI is InChI=1S/C20H30N2O3/c1-14(2)18(22-8-10-24-11-9-22)13-21-20(23)7-5-16-4-6-19(25-16)17-12-15(17)3/h4-7,14-15,17-18H,8-13H2,1-3H3,(H,21,23)/b7-5+/t15-,17-,18+/m0/s1. The average molecular weight is 346 g/mol. The topological polar surface area (TPSA) is 54.7 Å². The molecular formula is C20H30N2O3. The summed E-state index contributed by atoms with van der Waals surface area (Å²) in [5.41, 5.74) is 0. The van der Waals surface area contributed by atoms with E-state index >= 15 is 0 Å². The molecule has 1 amide bonds. The van der Waals surface area contributed by atoms with Crippen LogP contribution in [0.3, 0.4) is 0 Å². The first-order valence-electron chi connectivity index (χ1n) is 9.42. The molecule has 2 fully saturated rings. The van der Waals surface area contributed by atoms with Crippen molar-refractivity contribution in [3.8, 4) is 0 Å². The van der Waals surface area contributed by atoms with Crippen LogP contribution in [0.5, 0.6) is 0 Å². The van der Waals surface area contributed by atoms with E-state index in [2.05, 4.69) is 31.0 Å².